The minimum Gasteiger partial charge on any atom is -0.478 e. The Labute approximate surface area is 206 Å². The summed E-state index contributed by atoms with van der Waals surface area (Å²) in [6.45, 7) is 10.7. The van der Waals surface area contributed by atoms with Crippen LogP contribution in [-0.2, 0) is 16.4 Å². The highest BCUT2D eigenvalue weighted by Gasteiger charge is 2.21. The third-order valence-corrected chi connectivity index (χ3v) is 7.70. The fraction of sp³-hybridized carbons (Fsp3) is 0.385. The van der Waals surface area contributed by atoms with E-state index in [0.717, 1.165) is 44.7 Å². The van der Waals surface area contributed by atoms with Crippen LogP contribution in [0.2, 0.25) is 0 Å². The lowest BCUT2D eigenvalue weighted by molar-refractivity contribution is 0.0699. The van der Waals surface area contributed by atoms with Crippen LogP contribution >= 0.6 is 0 Å². The molecular weight excluding hydrogens is 464 g/mol. The number of rotatable bonds is 8. The Bertz CT molecular complexity index is 1320. The molecule has 1 aliphatic rings. The summed E-state index contributed by atoms with van der Waals surface area (Å²) in [5, 5.41) is 10.3. The Morgan fingerprint density at radius 1 is 1.06 bits per heavy atom. The molecule has 0 radical (unpaired) electrons. The Hall–Kier alpha value is -3.17. The number of sulfonamides is 1. The number of hydrogen-bond acceptors (Lipinski definition) is 6. The Kier molecular flexibility index (Phi) is 7.28. The number of carbonyl (C=O) groups is 1. The predicted molar refractivity (Wildman–Crippen MR) is 139 cm³/mol. The van der Waals surface area contributed by atoms with E-state index < -0.39 is 16.0 Å². The van der Waals surface area contributed by atoms with E-state index in [2.05, 4.69) is 40.3 Å². The SMILES string of the molecule is CCN1CCN(c2cc(C(=O)O)c3cc(NS(=O)(=O)c4ccc(CC(C)C)cc4)ccc3n2)CC1. The second-order valence-corrected chi connectivity index (χ2v) is 11.0. The van der Waals surface area contributed by atoms with Crippen LogP contribution in [0.4, 0.5) is 11.5 Å². The van der Waals surface area contributed by atoms with E-state index in [4.69, 9.17) is 0 Å². The quantitative estimate of drug-likeness (QED) is 0.484. The molecule has 1 aromatic heterocycles. The zero-order valence-electron chi connectivity index (χ0n) is 20.4. The van der Waals surface area contributed by atoms with E-state index in [1.165, 1.54) is 6.07 Å². The normalized spacial score (nSPS) is 15.0. The molecule has 1 saturated heterocycles. The van der Waals surface area contributed by atoms with Crippen LogP contribution < -0.4 is 9.62 Å². The maximum absolute atomic E-state index is 12.9. The summed E-state index contributed by atoms with van der Waals surface area (Å²) in [5.41, 5.74) is 1.98. The van der Waals surface area contributed by atoms with Gasteiger partial charge in [0.2, 0.25) is 0 Å². The number of carboxylic acid groups (broad SMARTS) is 1. The number of anilines is 2. The Balaban J connectivity index is 1.61. The molecule has 0 saturated carbocycles. The smallest absolute Gasteiger partial charge is 0.336 e. The number of aromatic carboxylic acids is 1. The van der Waals surface area contributed by atoms with Gasteiger partial charge in [-0.3, -0.25) is 4.72 Å². The molecule has 35 heavy (non-hydrogen) atoms. The average Bonchev–Trinajstić information content (AvgIpc) is 2.83. The van der Waals surface area contributed by atoms with Crippen LogP contribution in [0.15, 0.2) is 53.4 Å². The number of nitrogens with one attached hydrogen (secondary N) is 1. The highest BCUT2D eigenvalue weighted by molar-refractivity contribution is 7.92. The summed E-state index contributed by atoms with van der Waals surface area (Å²) >= 11 is 0. The molecule has 0 atom stereocenters. The first-order valence-electron chi connectivity index (χ1n) is 11.9. The zero-order chi connectivity index (χ0) is 25.2. The lowest BCUT2D eigenvalue weighted by atomic mass is 10.0. The number of hydrogen-bond donors (Lipinski definition) is 2. The number of fused-ring (bicyclic) bond motifs is 1. The third-order valence-electron chi connectivity index (χ3n) is 6.30. The molecule has 186 valence electrons. The van der Waals surface area contributed by atoms with Crippen LogP contribution in [0.1, 0.15) is 36.7 Å². The Morgan fingerprint density at radius 3 is 2.34 bits per heavy atom. The molecule has 0 amide bonds. The molecule has 0 bridgehead atoms. The second-order valence-electron chi connectivity index (χ2n) is 9.33. The largest absolute Gasteiger partial charge is 0.478 e. The molecule has 2 heterocycles. The van der Waals surface area contributed by atoms with Gasteiger partial charge >= 0.3 is 5.97 Å². The number of nitrogens with zero attached hydrogens (tertiary/aromatic N) is 3. The molecule has 1 aliphatic heterocycles. The fourth-order valence-electron chi connectivity index (χ4n) is 4.40. The monoisotopic (exact) mass is 496 g/mol. The number of piperazine rings is 1. The first kappa shape index (κ1) is 24.9. The first-order chi connectivity index (χ1) is 16.7. The van der Waals surface area contributed by atoms with Gasteiger partial charge in [0.05, 0.1) is 16.0 Å². The molecule has 4 rings (SSSR count). The maximum atomic E-state index is 12.9. The van der Waals surface area contributed by atoms with Crippen LogP contribution in [0, 0.1) is 5.92 Å². The van der Waals surface area contributed by atoms with E-state index in [1.807, 2.05) is 12.1 Å². The van der Waals surface area contributed by atoms with Gasteiger partial charge in [0.1, 0.15) is 5.82 Å². The van der Waals surface area contributed by atoms with E-state index in [0.29, 0.717) is 22.6 Å². The number of likely N-dealkylation sites (N-methyl/N-ethyl adjacent to an activating group) is 1. The van der Waals surface area contributed by atoms with Gasteiger partial charge in [-0.2, -0.15) is 0 Å². The van der Waals surface area contributed by atoms with Crippen molar-refractivity contribution in [2.45, 2.75) is 32.1 Å². The standard InChI is InChI=1S/C26H32N4O4S/c1-4-29-11-13-30(14-12-29)25-17-23(26(31)32)22-16-20(7-10-24(22)27-25)28-35(33,34)21-8-5-19(6-9-21)15-18(2)3/h5-10,16-18,28H,4,11-15H2,1-3H3,(H,31,32). The summed E-state index contributed by atoms with van der Waals surface area (Å²) in [6, 6.07) is 13.2. The molecule has 0 spiro atoms. The minimum absolute atomic E-state index is 0.0991. The topological polar surface area (TPSA) is 103 Å². The van der Waals surface area contributed by atoms with E-state index in [1.54, 1.807) is 30.3 Å². The summed E-state index contributed by atoms with van der Waals surface area (Å²) in [5.74, 6) is 0.0266. The lowest BCUT2D eigenvalue weighted by Crippen LogP contribution is -2.46. The summed E-state index contributed by atoms with van der Waals surface area (Å²) < 4.78 is 28.5. The van der Waals surface area contributed by atoms with Crippen molar-refractivity contribution in [2.75, 3.05) is 42.3 Å². The molecule has 2 aromatic carbocycles. The van der Waals surface area contributed by atoms with E-state index in [9.17, 15) is 18.3 Å². The van der Waals surface area contributed by atoms with Crippen LogP contribution in [0.25, 0.3) is 10.9 Å². The number of aromatic nitrogens is 1. The van der Waals surface area contributed by atoms with Crippen molar-refractivity contribution < 1.29 is 18.3 Å². The molecule has 8 nitrogen and oxygen atoms in total. The van der Waals surface area contributed by atoms with E-state index >= 15 is 0 Å². The van der Waals surface area contributed by atoms with Gasteiger partial charge in [-0.1, -0.05) is 32.9 Å². The van der Waals surface area contributed by atoms with Crippen molar-refractivity contribution in [1.29, 1.82) is 0 Å². The minimum atomic E-state index is -3.82. The zero-order valence-corrected chi connectivity index (χ0v) is 21.2. The van der Waals surface area contributed by atoms with Crippen molar-refractivity contribution in [1.82, 2.24) is 9.88 Å². The van der Waals surface area contributed by atoms with Gasteiger partial charge in [-0.05, 0) is 60.8 Å². The van der Waals surface area contributed by atoms with Crippen molar-refractivity contribution in [3.63, 3.8) is 0 Å². The van der Waals surface area contributed by atoms with Crippen molar-refractivity contribution in [3.05, 3.63) is 59.7 Å². The fourth-order valence-corrected chi connectivity index (χ4v) is 5.45. The van der Waals surface area contributed by atoms with Gasteiger partial charge in [0.25, 0.3) is 10.0 Å². The molecule has 3 aromatic rings. The molecule has 9 heteroatoms. The predicted octanol–water partition coefficient (Wildman–Crippen LogP) is 4.07. The van der Waals surface area contributed by atoms with Crippen LogP contribution in [0.3, 0.4) is 0 Å². The van der Waals surface area contributed by atoms with Crippen molar-refractivity contribution in [2.24, 2.45) is 5.92 Å². The molecule has 0 aliphatic carbocycles. The summed E-state index contributed by atoms with van der Waals surface area (Å²) in [4.78, 5) is 21.4. The van der Waals surface area contributed by atoms with Crippen molar-refractivity contribution >= 4 is 38.4 Å². The van der Waals surface area contributed by atoms with Gasteiger partial charge in [-0.25, -0.2) is 18.2 Å². The summed E-state index contributed by atoms with van der Waals surface area (Å²) in [7, 11) is -3.82. The first-order valence-corrected chi connectivity index (χ1v) is 13.4. The van der Waals surface area contributed by atoms with Gasteiger partial charge in [0.15, 0.2) is 0 Å². The van der Waals surface area contributed by atoms with Crippen LogP contribution in [-0.4, -0.2) is 62.1 Å². The molecule has 1 fully saturated rings. The third kappa shape index (κ3) is 5.74. The van der Waals surface area contributed by atoms with Gasteiger partial charge in [-0.15, -0.1) is 0 Å². The highest BCUT2D eigenvalue weighted by Crippen LogP contribution is 2.28. The summed E-state index contributed by atoms with van der Waals surface area (Å²) in [6.07, 6.45) is 0.875. The number of benzene rings is 2. The van der Waals surface area contributed by atoms with Gasteiger partial charge in [0, 0.05) is 37.3 Å². The molecule has 0 unspecified atom stereocenters. The van der Waals surface area contributed by atoms with E-state index in [-0.39, 0.29) is 16.1 Å². The van der Waals surface area contributed by atoms with Crippen LogP contribution in [0.5, 0.6) is 0 Å². The highest BCUT2D eigenvalue weighted by atomic mass is 32.2. The second kappa shape index (κ2) is 10.2. The van der Waals surface area contributed by atoms with Gasteiger partial charge < -0.3 is 14.9 Å². The number of carboxylic acids is 1. The van der Waals surface area contributed by atoms with Crippen molar-refractivity contribution in [3.8, 4) is 0 Å². The number of pyridine rings is 1. The average molecular weight is 497 g/mol. The Morgan fingerprint density at radius 2 is 1.74 bits per heavy atom. The maximum Gasteiger partial charge on any atom is 0.336 e. The molecular formula is C26H32N4O4S. The molecule has 2 N–H and O–H groups in total. The lowest BCUT2D eigenvalue weighted by Gasteiger charge is -2.35.